The molecule has 2 saturated heterocycles. The molecule has 0 atom stereocenters. The Kier molecular flexibility index (Phi) is 14.6. The predicted molar refractivity (Wildman–Crippen MR) is 174 cm³/mol. The van der Waals surface area contributed by atoms with Gasteiger partial charge in [0.25, 0.3) is 0 Å². The number of piperidine rings is 1. The third-order valence-electron chi connectivity index (χ3n) is 8.20. The van der Waals surface area contributed by atoms with Gasteiger partial charge in [0.2, 0.25) is 0 Å². The summed E-state index contributed by atoms with van der Waals surface area (Å²) >= 11 is 6.15. The molecule has 0 aliphatic carbocycles. The fourth-order valence-electron chi connectivity index (χ4n) is 6.05. The molecule has 39 heavy (non-hydrogen) atoms. The smallest absolute Gasteiger partial charge is 0.142 e. The molecule has 5 rings (SSSR count). The molecule has 3 aromatic rings. The topological polar surface area (TPSA) is 34.7 Å². The van der Waals surface area contributed by atoms with Crippen LogP contribution in [0.2, 0.25) is 5.02 Å². The minimum atomic E-state index is 0. The number of anilines is 1. The molecule has 5 nitrogen and oxygen atoms in total. The number of hydrogen-bond donors (Lipinski definition) is 1. The Labute approximate surface area is 257 Å². The number of ether oxygens (including phenoxy) is 1. The average Bonchev–Trinajstić information content (AvgIpc) is 3.34. The molecule has 9 heteroatoms. The van der Waals surface area contributed by atoms with Crippen molar-refractivity contribution in [1.29, 1.82) is 0 Å². The zero-order valence-corrected chi connectivity index (χ0v) is 26.2. The summed E-state index contributed by atoms with van der Waals surface area (Å²) in [4.78, 5) is 11.2. The van der Waals surface area contributed by atoms with Gasteiger partial charge in [-0.2, -0.15) is 0 Å². The lowest BCUT2D eigenvalue weighted by atomic mass is 9.89. The highest BCUT2D eigenvalue weighted by Gasteiger charge is 2.23. The summed E-state index contributed by atoms with van der Waals surface area (Å²) in [5.41, 5.74) is 3.87. The van der Waals surface area contributed by atoms with E-state index in [1.807, 2.05) is 18.2 Å². The molecule has 1 aromatic heterocycles. The number of unbranched alkanes of at least 4 members (excludes halogenated alkanes) is 3. The van der Waals surface area contributed by atoms with Crippen molar-refractivity contribution in [2.45, 2.75) is 44.4 Å². The Morgan fingerprint density at radius 1 is 0.821 bits per heavy atom. The van der Waals surface area contributed by atoms with E-state index in [0.717, 1.165) is 37.0 Å². The number of aromatic amines is 1. The summed E-state index contributed by atoms with van der Waals surface area (Å²) < 4.78 is 5.55. The van der Waals surface area contributed by atoms with Crippen molar-refractivity contribution in [3.8, 4) is 5.75 Å². The number of rotatable bonds is 10. The number of likely N-dealkylation sites (tertiary alicyclic amines) is 1. The third kappa shape index (κ3) is 8.82. The minimum Gasteiger partial charge on any atom is -0.495 e. The molecule has 0 bridgehead atoms. The average molecular weight is 619 g/mol. The highest BCUT2D eigenvalue weighted by molar-refractivity contribution is 6.31. The second kappa shape index (κ2) is 16.8. The molecular formula is C30H44Cl4N4O. The van der Waals surface area contributed by atoms with Gasteiger partial charge in [-0.15, -0.1) is 37.2 Å². The molecule has 2 fully saturated rings. The second-order valence-electron chi connectivity index (χ2n) is 10.5. The number of methoxy groups -OCH3 is 1. The number of hydrogen-bond acceptors (Lipinski definition) is 4. The Morgan fingerprint density at radius 3 is 2.13 bits per heavy atom. The molecular weight excluding hydrogens is 574 g/mol. The van der Waals surface area contributed by atoms with Gasteiger partial charge >= 0.3 is 0 Å². The zero-order chi connectivity index (χ0) is 24.7. The number of piperazine rings is 1. The standard InChI is InChI=1S/C30H41ClN4O.3ClH/c1-36-30-9-5-4-8-29(30)35-20-18-34(19-21-35)15-7-3-2-6-14-33-16-12-24(13-17-33)27-23-32-28-22-25(31)10-11-26(27)28;;;/h4-5,8-11,22-24,32H,2-3,6-7,12-21H2,1H3;3*1H. The highest BCUT2D eigenvalue weighted by Crippen LogP contribution is 2.34. The number of benzene rings is 2. The molecule has 1 N–H and O–H groups in total. The van der Waals surface area contributed by atoms with Gasteiger partial charge < -0.3 is 19.5 Å². The Morgan fingerprint density at radius 2 is 1.46 bits per heavy atom. The summed E-state index contributed by atoms with van der Waals surface area (Å²) in [6.45, 7) is 9.41. The van der Waals surface area contributed by atoms with Crippen LogP contribution in [0.15, 0.2) is 48.7 Å². The van der Waals surface area contributed by atoms with Crippen molar-refractivity contribution in [1.82, 2.24) is 14.8 Å². The van der Waals surface area contributed by atoms with E-state index < -0.39 is 0 Å². The fourth-order valence-corrected chi connectivity index (χ4v) is 6.23. The third-order valence-corrected chi connectivity index (χ3v) is 8.44. The van der Waals surface area contributed by atoms with Gasteiger partial charge in [-0.25, -0.2) is 0 Å². The van der Waals surface area contributed by atoms with Crippen LogP contribution in [0, 0.1) is 0 Å². The molecule has 0 saturated carbocycles. The maximum absolute atomic E-state index is 6.15. The summed E-state index contributed by atoms with van der Waals surface area (Å²) in [6, 6.07) is 14.6. The van der Waals surface area contributed by atoms with E-state index in [-0.39, 0.29) is 37.2 Å². The number of para-hydroxylation sites is 2. The first kappa shape index (κ1) is 33.9. The van der Waals surface area contributed by atoms with Gasteiger partial charge in [0.15, 0.2) is 0 Å². The van der Waals surface area contributed by atoms with E-state index in [2.05, 4.69) is 50.1 Å². The number of H-pyrrole nitrogens is 1. The van der Waals surface area contributed by atoms with Crippen molar-refractivity contribution >= 4 is 65.4 Å². The lowest BCUT2D eigenvalue weighted by molar-refractivity contribution is 0.207. The van der Waals surface area contributed by atoms with Crippen LogP contribution in [0.4, 0.5) is 5.69 Å². The minimum absolute atomic E-state index is 0. The maximum atomic E-state index is 6.15. The second-order valence-corrected chi connectivity index (χ2v) is 10.9. The van der Waals surface area contributed by atoms with Crippen molar-refractivity contribution in [3.05, 3.63) is 59.2 Å². The van der Waals surface area contributed by atoms with Crippen LogP contribution in [0.25, 0.3) is 10.9 Å². The van der Waals surface area contributed by atoms with E-state index in [1.54, 1.807) is 7.11 Å². The van der Waals surface area contributed by atoms with E-state index in [1.165, 1.54) is 86.9 Å². The van der Waals surface area contributed by atoms with Gasteiger partial charge in [-0.1, -0.05) is 42.6 Å². The van der Waals surface area contributed by atoms with E-state index in [0.29, 0.717) is 5.92 Å². The Hall–Kier alpha value is -1.34. The number of nitrogens with one attached hydrogen (secondary N) is 1. The number of halogens is 4. The molecule has 0 spiro atoms. The van der Waals surface area contributed by atoms with Gasteiger partial charge in [0.1, 0.15) is 5.75 Å². The first-order chi connectivity index (χ1) is 17.7. The first-order valence-corrected chi connectivity index (χ1v) is 14.2. The highest BCUT2D eigenvalue weighted by atomic mass is 35.5. The maximum Gasteiger partial charge on any atom is 0.142 e. The van der Waals surface area contributed by atoms with E-state index in [4.69, 9.17) is 16.3 Å². The first-order valence-electron chi connectivity index (χ1n) is 13.8. The molecule has 2 aliphatic rings. The van der Waals surface area contributed by atoms with Crippen molar-refractivity contribution < 1.29 is 4.74 Å². The van der Waals surface area contributed by atoms with Gasteiger partial charge in [0.05, 0.1) is 12.8 Å². The Balaban J connectivity index is 0.00000178. The van der Waals surface area contributed by atoms with E-state index in [9.17, 15) is 0 Å². The molecule has 0 amide bonds. The van der Waals surface area contributed by atoms with Crippen LogP contribution < -0.4 is 9.64 Å². The molecule has 0 radical (unpaired) electrons. The fraction of sp³-hybridized carbons (Fsp3) is 0.533. The quantitative estimate of drug-likeness (QED) is 0.237. The SMILES string of the molecule is COc1ccccc1N1CCN(CCCCCCN2CCC(c3c[nH]c4cc(Cl)ccc34)CC2)CC1.Cl.Cl.Cl. The predicted octanol–water partition coefficient (Wildman–Crippen LogP) is 7.66. The van der Waals surface area contributed by atoms with Gasteiger partial charge in [-0.05, 0) is 87.6 Å². The summed E-state index contributed by atoms with van der Waals surface area (Å²) in [6.07, 6.45) is 10.1. The number of fused-ring (bicyclic) bond motifs is 1. The van der Waals surface area contributed by atoms with Crippen molar-refractivity contribution in [2.24, 2.45) is 0 Å². The van der Waals surface area contributed by atoms with Gasteiger partial charge in [-0.3, -0.25) is 4.90 Å². The van der Waals surface area contributed by atoms with Crippen LogP contribution in [0.1, 0.15) is 50.0 Å². The van der Waals surface area contributed by atoms with Crippen LogP contribution in [0.5, 0.6) is 5.75 Å². The Bertz CT molecular complexity index is 1110. The van der Waals surface area contributed by atoms with Gasteiger partial charge in [0, 0.05) is 48.3 Å². The lowest BCUT2D eigenvalue weighted by Crippen LogP contribution is -2.46. The van der Waals surface area contributed by atoms with Crippen molar-refractivity contribution in [2.75, 3.05) is 64.4 Å². The molecule has 2 aliphatic heterocycles. The van der Waals surface area contributed by atoms with Crippen molar-refractivity contribution in [3.63, 3.8) is 0 Å². The summed E-state index contributed by atoms with van der Waals surface area (Å²) in [5.74, 6) is 1.65. The lowest BCUT2D eigenvalue weighted by Gasteiger charge is -2.36. The molecule has 2 aromatic carbocycles. The van der Waals surface area contributed by atoms with E-state index >= 15 is 0 Å². The number of aromatic nitrogens is 1. The van der Waals surface area contributed by atoms with Crippen LogP contribution in [-0.4, -0.2) is 74.3 Å². The summed E-state index contributed by atoms with van der Waals surface area (Å²) in [7, 11) is 1.76. The molecule has 3 heterocycles. The normalized spacial score (nSPS) is 16.8. The monoisotopic (exact) mass is 616 g/mol. The zero-order valence-electron chi connectivity index (χ0n) is 22.9. The number of nitrogens with zero attached hydrogens (tertiary/aromatic N) is 3. The summed E-state index contributed by atoms with van der Waals surface area (Å²) in [5, 5.41) is 2.15. The molecule has 218 valence electrons. The van der Waals surface area contributed by atoms with Crippen LogP contribution >= 0.6 is 48.8 Å². The largest absolute Gasteiger partial charge is 0.495 e. The molecule has 0 unspecified atom stereocenters. The van der Waals surface area contributed by atoms with Crippen LogP contribution in [-0.2, 0) is 0 Å². The van der Waals surface area contributed by atoms with Crippen LogP contribution in [0.3, 0.4) is 0 Å².